The first kappa shape index (κ1) is 9.97. The van der Waals surface area contributed by atoms with Gasteiger partial charge in [-0.05, 0) is 0 Å². The molecule has 0 radical (unpaired) electrons. The van der Waals surface area contributed by atoms with Crippen LogP contribution in [0.3, 0.4) is 0 Å². The minimum atomic E-state index is 0.733. The molecule has 0 heterocycles. The third-order valence-corrected chi connectivity index (χ3v) is 0. The van der Waals surface area contributed by atoms with Crippen LogP contribution >= 0.6 is 8.65 Å². The van der Waals surface area contributed by atoms with Crippen molar-refractivity contribution in [3.05, 3.63) is 0 Å². The first-order chi connectivity index (χ1) is 2.00. The van der Waals surface area contributed by atoms with E-state index in [1.807, 2.05) is 0 Å². The monoisotopic (exact) mass is 390 g/mol. The predicted molar refractivity (Wildman–Crippen MR) is 13.3 cm³/mol. The van der Waals surface area contributed by atoms with Gasteiger partial charge in [-0.2, -0.15) is 0 Å². The van der Waals surface area contributed by atoms with E-state index in [2.05, 4.69) is 25.5 Å². The summed E-state index contributed by atoms with van der Waals surface area (Å²) >= 11 is 4.01. The Morgan fingerprint density at radius 3 is 1.25 bits per heavy atom. The van der Waals surface area contributed by atoms with Crippen molar-refractivity contribution in [3.63, 3.8) is 0 Å². The Balaban J connectivity index is 0. The number of hydrogen-bond acceptors (Lipinski definition) is 1. The molecule has 4 heteroatoms. The second-order valence-corrected chi connectivity index (χ2v) is 0. The molecule has 0 atom stereocenters. The molecular weight excluding hydrogens is 384 g/mol. The molecule has 0 fully saturated rings. The van der Waals surface area contributed by atoms with Crippen LogP contribution in [0.15, 0.2) is 0 Å². The molecule has 0 aromatic carbocycles. The van der Waals surface area contributed by atoms with E-state index in [1.54, 1.807) is 0 Å². The van der Waals surface area contributed by atoms with Crippen LogP contribution < -0.4 is 0 Å². The zero-order valence-corrected chi connectivity index (χ0v) is 13.5. The summed E-state index contributed by atoms with van der Waals surface area (Å²) in [6, 6.07) is 0. The van der Waals surface area contributed by atoms with Crippen molar-refractivity contribution in [3.8, 4) is 0 Å². The van der Waals surface area contributed by atoms with Crippen molar-refractivity contribution in [2.24, 2.45) is 0 Å². The average Bonchev–Trinajstić information content (AvgIpc) is 1.50. The Kier molecular flexibility index (Phi) is 42.2. The molecule has 0 aromatic heterocycles. The van der Waals surface area contributed by atoms with Gasteiger partial charge in [0.25, 0.3) is 0 Å². The molecule has 4 heavy (non-hydrogen) atoms. The molecule has 0 aromatic rings. The van der Waals surface area contributed by atoms with E-state index in [9.17, 15) is 0 Å². The Morgan fingerprint density at radius 2 is 1.25 bits per heavy atom. The summed E-state index contributed by atoms with van der Waals surface area (Å²) in [5.41, 5.74) is 0. The summed E-state index contributed by atoms with van der Waals surface area (Å²) in [7, 11) is 4.25. The van der Waals surface area contributed by atoms with Gasteiger partial charge in [0.2, 0.25) is 0 Å². The molecule has 0 rings (SSSR count). The van der Waals surface area contributed by atoms with Crippen LogP contribution in [-0.4, -0.2) is 16.9 Å². The van der Waals surface area contributed by atoms with Crippen LogP contribution in [-0.2, 0) is 44.6 Å². The van der Waals surface area contributed by atoms with Crippen LogP contribution in [0.25, 0.3) is 0 Å². The molecule has 0 saturated heterocycles. The van der Waals surface area contributed by atoms with E-state index in [-0.39, 0.29) is 0 Å². The Hall–Kier alpha value is 2.85. The normalized spacial score (nSPS) is 3.00. The van der Waals surface area contributed by atoms with E-state index in [4.69, 9.17) is 0 Å². The van der Waals surface area contributed by atoms with Crippen LogP contribution in [0.1, 0.15) is 0 Å². The minimum absolute atomic E-state index is 0.733. The summed E-state index contributed by atoms with van der Waals surface area (Å²) in [4.78, 5) is 0. The molecule has 0 aliphatic heterocycles. The van der Waals surface area contributed by atoms with Crippen LogP contribution in [0, 0.1) is 0 Å². The van der Waals surface area contributed by atoms with Gasteiger partial charge in [0, 0.05) is 0 Å². The van der Waals surface area contributed by atoms with Crippen molar-refractivity contribution >= 4 is 25.5 Å². The fourth-order valence-corrected chi connectivity index (χ4v) is 0. The molecule has 0 unspecified atom stereocenters. The molecule has 0 nitrogen and oxygen atoms in total. The SMILES string of the molecule is [Cd]=[Te].[S]=[Cd]. The molecule has 0 saturated carbocycles. The van der Waals surface area contributed by atoms with Gasteiger partial charge in [-0.15, -0.1) is 0 Å². The van der Waals surface area contributed by atoms with Gasteiger partial charge in [-0.25, -0.2) is 0 Å². The topological polar surface area (TPSA) is 0 Å². The van der Waals surface area contributed by atoms with Crippen molar-refractivity contribution < 1.29 is 44.6 Å². The predicted octanol–water partition coefficient (Wildman–Crippen LogP) is 0.262. The van der Waals surface area contributed by atoms with Crippen molar-refractivity contribution in [1.29, 1.82) is 0 Å². The summed E-state index contributed by atoms with van der Waals surface area (Å²) in [5.74, 6) is 0. The number of rotatable bonds is 0. The fourth-order valence-electron chi connectivity index (χ4n) is 0. The zero-order chi connectivity index (χ0) is 4.00. The Bertz CT molecular complexity index is 8.00. The molecule has 16 valence electrons. The van der Waals surface area contributed by atoms with Crippen LogP contribution in [0.5, 0.6) is 0 Å². The number of hydrogen-bond donors (Lipinski definition) is 0. The zero-order valence-electron chi connectivity index (χ0n) is 2.23. The Morgan fingerprint density at radius 1 is 1.25 bits per heavy atom. The standard InChI is InChI=1S/2Cd.S.Te. The van der Waals surface area contributed by atoms with Crippen molar-refractivity contribution in [2.75, 3.05) is 0 Å². The van der Waals surface area contributed by atoms with Crippen molar-refractivity contribution in [1.82, 2.24) is 0 Å². The summed E-state index contributed by atoms with van der Waals surface area (Å²) < 4.78 is 0. The molecule has 0 spiro atoms. The van der Waals surface area contributed by atoms with Crippen LogP contribution in [0.2, 0.25) is 0 Å². The molecule has 0 amide bonds. The van der Waals surface area contributed by atoms with Gasteiger partial charge in [-0.3, -0.25) is 0 Å². The second-order valence-electron chi connectivity index (χ2n) is 0. The van der Waals surface area contributed by atoms with Gasteiger partial charge in [0.1, 0.15) is 0 Å². The molecule has 0 bridgehead atoms. The van der Waals surface area contributed by atoms with Gasteiger partial charge in [0.05, 0.1) is 0 Å². The second kappa shape index (κ2) is 16.9. The molecule has 0 aliphatic rings. The fraction of sp³-hybridized carbons (Fsp3) is 0. The van der Waals surface area contributed by atoms with E-state index >= 15 is 0 Å². The van der Waals surface area contributed by atoms with Gasteiger partial charge < -0.3 is 0 Å². The average molecular weight is 384 g/mol. The summed E-state index contributed by atoms with van der Waals surface area (Å²) in [6.07, 6.45) is 0. The summed E-state index contributed by atoms with van der Waals surface area (Å²) in [5, 5.41) is 0. The molecule has 0 N–H and O–H groups in total. The molecule has 0 aliphatic carbocycles. The summed E-state index contributed by atoms with van der Waals surface area (Å²) in [6.45, 7) is 0. The van der Waals surface area contributed by atoms with Crippen LogP contribution in [0.4, 0.5) is 0 Å². The first-order valence-corrected chi connectivity index (χ1v) is 18.8. The van der Waals surface area contributed by atoms with E-state index < -0.39 is 0 Å². The van der Waals surface area contributed by atoms with Gasteiger partial charge >= 0.3 is 70.1 Å². The maximum absolute atomic E-state index is 4.25. The maximum atomic E-state index is 4.25. The van der Waals surface area contributed by atoms with E-state index in [0.29, 0.717) is 0 Å². The quantitative estimate of drug-likeness (QED) is 0.540. The van der Waals surface area contributed by atoms with E-state index in [0.717, 1.165) is 44.6 Å². The molecular formula is Cd2STe. The third kappa shape index (κ3) is 8.85. The third-order valence-electron chi connectivity index (χ3n) is 0. The van der Waals surface area contributed by atoms with E-state index in [1.165, 1.54) is 0 Å². The van der Waals surface area contributed by atoms with Gasteiger partial charge in [0.15, 0.2) is 0 Å². The Labute approximate surface area is 68.3 Å². The van der Waals surface area contributed by atoms with Gasteiger partial charge in [-0.1, -0.05) is 0 Å². The van der Waals surface area contributed by atoms with Crippen molar-refractivity contribution in [2.45, 2.75) is 0 Å². The first-order valence-electron chi connectivity index (χ1n) is 0.577.